The molecule has 0 aliphatic heterocycles. The van der Waals surface area contributed by atoms with Crippen LogP contribution >= 0.6 is 0 Å². The summed E-state index contributed by atoms with van der Waals surface area (Å²) in [5.74, 6) is 0. The fourth-order valence-corrected chi connectivity index (χ4v) is 2.29. The highest BCUT2D eigenvalue weighted by molar-refractivity contribution is 5.52. The van der Waals surface area contributed by atoms with Gasteiger partial charge in [-0.15, -0.1) is 0 Å². The van der Waals surface area contributed by atoms with Gasteiger partial charge in [0.05, 0.1) is 0 Å². The first-order chi connectivity index (χ1) is 9.30. The van der Waals surface area contributed by atoms with E-state index in [0.29, 0.717) is 0 Å². The van der Waals surface area contributed by atoms with Crippen molar-refractivity contribution in [2.75, 3.05) is 0 Å². The number of hydrogen-bond acceptors (Lipinski definition) is 0. The Morgan fingerprint density at radius 2 is 1.89 bits per heavy atom. The zero-order valence-corrected chi connectivity index (χ0v) is 11.3. The van der Waals surface area contributed by atoms with E-state index in [1.165, 1.54) is 16.1 Å². The number of aromatic nitrogens is 1. The van der Waals surface area contributed by atoms with E-state index in [1.807, 2.05) is 24.3 Å². The molecule has 1 heterocycles. The van der Waals surface area contributed by atoms with Crippen molar-refractivity contribution in [1.82, 2.24) is 4.57 Å². The predicted octanol–water partition coefficient (Wildman–Crippen LogP) is 2.95. The molecule has 0 spiro atoms. The van der Waals surface area contributed by atoms with E-state index in [4.69, 9.17) is 0 Å². The lowest BCUT2D eigenvalue weighted by molar-refractivity contribution is 0.778. The quantitative estimate of drug-likeness (QED) is 0.785. The van der Waals surface area contributed by atoms with Crippen molar-refractivity contribution >= 4 is 18.2 Å². The summed E-state index contributed by atoms with van der Waals surface area (Å²) in [6.07, 6.45) is 10.0. The summed E-state index contributed by atoms with van der Waals surface area (Å²) in [5, 5.41) is 2.39. The highest BCUT2D eigenvalue weighted by Gasteiger charge is 2.02. The molecule has 1 aromatic carbocycles. The van der Waals surface area contributed by atoms with Crippen LogP contribution in [0.1, 0.15) is 18.1 Å². The molecule has 0 N–H and O–H groups in total. The van der Waals surface area contributed by atoms with Crippen LogP contribution in [0.2, 0.25) is 0 Å². The van der Waals surface area contributed by atoms with Gasteiger partial charge in [0.15, 0.2) is 0 Å². The summed E-state index contributed by atoms with van der Waals surface area (Å²) in [6, 6.07) is 10.4. The normalized spacial score (nSPS) is 12.7. The second kappa shape index (κ2) is 6.05. The Hall–Kier alpha value is -2.28. The standard InChI is InChI=1S/C18H19N/c1-4-10-18-17(6-3)16(5-2)14-19(18)13-15-11-8-7-9-12-15/h4-12,14H,1-2,13H2,3H3/b17-6-,18-10+. The van der Waals surface area contributed by atoms with Gasteiger partial charge >= 0.3 is 0 Å². The summed E-state index contributed by atoms with van der Waals surface area (Å²) in [4.78, 5) is 0. The van der Waals surface area contributed by atoms with Crippen molar-refractivity contribution in [3.8, 4) is 0 Å². The van der Waals surface area contributed by atoms with Crippen LogP contribution in [0, 0.1) is 0 Å². The Balaban J connectivity index is 2.58. The number of nitrogens with zero attached hydrogens (tertiary/aromatic N) is 1. The van der Waals surface area contributed by atoms with Crippen molar-refractivity contribution in [1.29, 1.82) is 0 Å². The van der Waals surface area contributed by atoms with Crippen molar-refractivity contribution in [3.63, 3.8) is 0 Å². The number of hydrogen-bond donors (Lipinski definition) is 0. The van der Waals surface area contributed by atoms with Crippen LogP contribution in [-0.4, -0.2) is 4.57 Å². The minimum Gasteiger partial charge on any atom is -0.342 e. The second-order valence-corrected chi connectivity index (χ2v) is 4.39. The molecule has 0 saturated heterocycles. The van der Waals surface area contributed by atoms with Crippen LogP contribution in [0.3, 0.4) is 0 Å². The molecule has 19 heavy (non-hydrogen) atoms. The third-order valence-electron chi connectivity index (χ3n) is 3.17. The number of rotatable bonds is 4. The Bertz CT molecular complexity index is 687. The van der Waals surface area contributed by atoms with Gasteiger partial charge in [-0.2, -0.15) is 0 Å². The second-order valence-electron chi connectivity index (χ2n) is 4.39. The molecule has 0 aliphatic carbocycles. The van der Waals surface area contributed by atoms with Gasteiger partial charge in [-0.3, -0.25) is 0 Å². The molecule has 0 radical (unpaired) electrons. The van der Waals surface area contributed by atoms with E-state index in [1.54, 1.807) is 0 Å². The Labute approximate surface area is 114 Å². The Morgan fingerprint density at radius 1 is 1.16 bits per heavy atom. The van der Waals surface area contributed by atoms with Crippen LogP contribution < -0.4 is 10.6 Å². The molecule has 96 valence electrons. The smallest absolute Gasteiger partial charge is 0.0486 e. The molecule has 2 rings (SSSR count). The monoisotopic (exact) mass is 249 g/mol. The minimum atomic E-state index is 0.856. The molecule has 2 aromatic rings. The van der Waals surface area contributed by atoms with Gasteiger partial charge in [-0.1, -0.05) is 61.7 Å². The van der Waals surface area contributed by atoms with Crippen LogP contribution in [0.4, 0.5) is 0 Å². The van der Waals surface area contributed by atoms with E-state index in [2.05, 4.69) is 61.2 Å². The van der Waals surface area contributed by atoms with Crippen LogP contribution in [0.25, 0.3) is 18.2 Å². The highest BCUT2D eigenvalue weighted by atomic mass is 14.9. The molecule has 1 nitrogen and oxygen atoms in total. The first-order valence-corrected chi connectivity index (χ1v) is 6.44. The average Bonchev–Trinajstić information content (AvgIpc) is 2.77. The Morgan fingerprint density at radius 3 is 2.47 bits per heavy atom. The van der Waals surface area contributed by atoms with E-state index >= 15 is 0 Å². The van der Waals surface area contributed by atoms with Gasteiger partial charge < -0.3 is 4.57 Å². The molecule has 0 atom stereocenters. The molecular formula is C18H19N. The third-order valence-corrected chi connectivity index (χ3v) is 3.17. The summed E-state index contributed by atoms with van der Waals surface area (Å²) in [5.41, 5.74) is 2.45. The zero-order chi connectivity index (χ0) is 13.7. The summed E-state index contributed by atoms with van der Waals surface area (Å²) in [6.45, 7) is 10.6. The molecule has 0 bridgehead atoms. The van der Waals surface area contributed by atoms with Gasteiger partial charge in [0.2, 0.25) is 0 Å². The van der Waals surface area contributed by atoms with Crippen LogP contribution in [0.5, 0.6) is 0 Å². The van der Waals surface area contributed by atoms with Crippen molar-refractivity contribution < 1.29 is 0 Å². The molecule has 1 aromatic heterocycles. The summed E-state index contributed by atoms with van der Waals surface area (Å²) in [7, 11) is 0. The van der Waals surface area contributed by atoms with Crippen LogP contribution in [0.15, 0.2) is 55.8 Å². The fourth-order valence-electron chi connectivity index (χ4n) is 2.29. The molecular weight excluding hydrogens is 230 g/mol. The Kier molecular flexibility index (Phi) is 4.19. The van der Waals surface area contributed by atoms with E-state index in [9.17, 15) is 0 Å². The lowest BCUT2D eigenvalue weighted by atomic mass is 10.2. The van der Waals surface area contributed by atoms with Crippen molar-refractivity contribution in [2.45, 2.75) is 13.5 Å². The van der Waals surface area contributed by atoms with Crippen molar-refractivity contribution in [2.24, 2.45) is 0 Å². The van der Waals surface area contributed by atoms with Crippen molar-refractivity contribution in [3.05, 3.63) is 77.5 Å². The zero-order valence-electron chi connectivity index (χ0n) is 11.3. The molecule has 0 saturated carbocycles. The topological polar surface area (TPSA) is 4.93 Å². The SMILES string of the molecule is C=C/C=c1\c(=C/C)c(C=C)cn1Cc1ccccc1. The summed E-state index contributed by atoms with van der Waals surface area (Å²) >= 11 is 0. The average molecular weight is 249 g/mol. The number of benzene rings is 1. The maximum absolute atomic E-state index is 3.89. The predicted molar refractivity (Wildman–Crippen MR) is 84.1 cm³/mol. The van der Waals surface area contributed by atoms with E-state index in [-0.39, 0.29) is 0 Å². The lowest BCUT2D eigenvalue weighted by Gasteiger charge is -2.03. The first kappa shape index (κ1) is 13.2. The minimum absolute atomic E-state index is 0.856. The van der Waals surface area contributed by atoms with Gasteiger partial charge in [-0.05, 0) is 24.1 Å². The highest BCUT2D eigenvalue weighted by Crippen LogP contribution is 2.02. The molecule has 1 heteroatoms. The molecule has 0 fully saturated rings. The van der Waals surface area contributed by atoms with Gasteiger partial charge in [0, 0.05) is 23.3 Å². The maximum atomic E-state index is 3.89. The molecule has 0 aliphatic rings. The molecule has 0 unspecified atom stereocenters. The fraction of sp³-hybridized carbons (Fsp3) is 0.111. The van der Waals surface area contributed by atoms with E-state index in [0.717, 1.165) is 12.1 Å². The van der Waals surface area contributed by atoms with E-state index < -0.39 is 0 Å². The van der Waals surface area contributed by atoms with Gasteiger partial charge in [0.1, 0.15) is 0 Å². The molecule has 0 amide bonds. The number of allylic oxidation sites excluding steroid dienone is 1. The van der Waals surface area contributed by atoms with Crippen LogP contribution in [-0.2, 0) is 6.54 Å². The third kappa shape index (κ3) is 2.76. The first-order valence-electron chi connectivity index (χ1n) is 6.44. The largest absolute Gasteiger partial charge is 0.342 e. The summed E-state index contributed by atoms with van der Waals surface area (Å²) < 4.78 is 2.24. The maximum Gasteiger partial charge on any atom is 0.0486 e. The lowest BCUT2D eigenvalue weighted by Crippen LogP contribution is -2.29. The van der Waals surface area contributed by atoms with Gasteiger partial charge in [-0.25, -0.2) is 0 Å². The van der Waals surface area contributed by atoms with Gasteiger partial charge in [0.25, 0.3) is 0 Å².